The van der Waals surface area contributed by atoms with Gasteiger partial charge >= 0.3 is 0 Å². The minimum absolute atomic E-state index is 0.0419. The summed E-state index contributed by atoms with van der Waals surface area (Å²) in [7, 11) is 0. The van der Waals surface area contributed by atoms with Gasteiger partial charge in [0, 0.05) is 58.0 Å². The third-order valence-corrected chi connectivity index (χ3v) is 5.18. The zero-order valence-electron chi connectivity index (χ0n) is 16.9. The molecule has 1 fully saturated rings. The Balaban J connectivity index is 1.56. The summed E-state index contributed by atoms with van der Waals surface area (Å²) in [4.78, 5) is 35.0. The van der Waals surface area contributed by atoms with Crippen molar-refractivity contribution in [2.75, 3.05) is 42.5 Å². The highest BCUT2D eigenvalue weighted by Gasteiger charge is 2.23. The fourth-order valence-corrected chi connectivity index (χ4v) is 3.65. The molecule has 1 saturated heterocycles. The van der Waals surface area contributed by atoms with E-state index in [0.29, 0.717) is 26.1 Å². The maximum absolute atomic E-state index is 12.7. The van der Waals surface area contributed by atoms with Gasteiger partial charge < -0.3 is 14.7 Å². The second kappa shape index (κ2) is 8.87. The minimum Gasteiger partial charge on any atom is -0.353 e. The van der Waals surface area contributed by atoms with Crippen LogP contribution in [0.25, 0.3) is 0 Å². The Labute approximate surface area is 166 Å². The number of aromatic nitrogens is 1. The number of rotatable bonds is 5. The van der Waals surface area contributed by atoms with Crippen LogP contribution in [0.3, 0.4) is 0 Å². The van der Waals surface area contributed by atoms with Crippen molar-refractivity contribution >= 4 is 23.3 Å². The quantitative estimate of drug-likeness (QED) is 0.800. The van der Waals surface area contributed by atoms with E-state index in [1.165, 1.54) is 0 Å². The van der Waals surface area contributed by atoms with Crippen LogP contribution in [0.5, 0.6) is 0 Å². The van der Waals surface area contributed by atoms with Crippen molar-refractivity contribution in [2.24, 2.45) is 0 Å². The largest absolute Gasteiger partial charge is 0.353 e. The Kier molecular flexibility index (Phi) is 6.29. The fraction of sp³-hybridized carbons (Fsp3) is 0.409. The number of nitrogens with zero attached hydrogens (tertiary/aromatic N) is 4. The van der Waals surface area contributed by atoms with Crippen LogP contribution in [0.15, 0.2) is 42.6 Å². The summed E-state index contributed by atoms with van der Waals surface area (Å²) in [5.74, 6) is 1.00. The molecule has 6 nitrogen and oxygen atoms in total. The molecule has 1 aromatic heterocycles. The number of benzene rings is 1. The Bertz CT molecular complexity index is 830. The van der Waals surface area contributed by atoms with Crippen molar-refractivity contribution in [3.05, 3.63) is 53.7 Å². The van der Waals surface area contributed by atoms with Crippen LogP contribution >= 0.6 is 0 Å². The predicted molar refractivity (Wildman–Crippen MR) is 112 cm³/mol. The van der Waals surface area contributed by atoms with Crippen molar-refractivity contribution in [3.8, 4) is 0 Å². The van der Waals surface area contributed by atoms with E-state index in [4.69, 9.17) is 0 Å². The van der Waals surface area contributed by atoms with E-state index in [-0.39, 0.29) is 11.8 Å². The van der Waals surface area contributed by atoms with Gasteiger partial charge in [-0.1, -0.05) is 23.8 Å². The van der Waals surface area contributed by atoms with Gasteiger partial charge in [0.05, 0.1) is 0 Å². The maximum Gasteiger partial charge on any atom is 0.224 e. The molecule has 1 aliphatic heterocycles. The van der Waals surface area contributed by atoms with Crippen LogP contribution in [0.2, 0.25) is 0 Å². The molecule has 0 bridgehead atoms. The number of pyridine rings is 1. The summed E-state index contributed by atoms with van der Waals surface area (Å²) in [6.07, 6.45) is 2.12. The van der Waals surface area contributed by atoms with Gasteiger partial charge in [-0.25, -0.2) is 4.98 Å². The number of amides is 2. The SMILES string of the molecule is CC(=O)N(CCC(=O)N1CCN(c2ccccn2)CC1)c1ccc(C)cc1C. The van der Waals surface area contributed by atoms with E-state index in [0.717, 1.165) is 35.7 Å². The third kappa shape index (κ3) is 4.68. The molecule has 3 rings (SSSR count). The summed E-state index contributed by atoms with van der Waals surface area (Å²) in [5.41, 5.74) is 3.09. The van der Waals surface area contributed by atoms with Gasteiger partial charge in [0.1, 0.15) is 5.82 Å². The fourth-order valence-electron chi connectivity index (χ4n) is 3.65. The normalized spacial score (nSPS) is 14.1. The zero-order valence-corrected chi connectivity index (χ0v) is 16.9. The second-order valence-corrected chi connectivity index (χ2v) is 7.27. The number of aryl methyl sites for hydroxylation is 2. The molecular weight excluding hydrogens is 352 g/mol. The molecule has 0 atom stereocenters. The first kappa shape index (κ1) is 19.9. The van der Waals surface area contributed by atoms with Gasteiger partial charge in [0.15, 0.2) is 0 Å². The maximum atomic E-state index is 12.7. The van der Waals surface area contributed by atoms with E-state index < -0.39 is 0 Å². The van der Waals surface area contributed by atoms with Gasteiger partial charge in [-0.05, 0) is 37.6 Å². The lowest BCUT2D eigenvalue weighted by molar-refractivity contribution is -0.131. The number of anilines is 2. The number of carbonyl (C=O) groups is 2. The molecule has 0 aliphatic carbocycles. The molecule has 1 aliphatic rings. The Hall–Kier alpha value is -2.89. The van der Waals surface area contributed by atoms with Crippen LogP contribution in [0.1, 0.15) is 24.5 Å². The lowest BCUT2D eigenvalue weighted by Crippen LogP contribution is -2.49. The molecule has 0 N–H and O–H groups in total. The van der Waals surface area contributed by atoms with Crippen LogP contribution in [0, 0.1) is 13.8 Å². The van der Waals surface area contributed by atoms with Crippen molar-refractivity contribution in [1.82, 2.24) is 9.88 Å². The molecule has 0 unspecified atom stereocenters. The topological polar surface area (TPSA) is 56.8 Å². The van der Waals surface area contributed by atoms with E-state index in [9.17, 15) is 9.59 Å². The zero-order chi connectivity index (χ0) is 20.1. The van der Waals surface area contributed by atoms with E-state index in [1.807, 2.05) is 49.1 Å². The Morgan fingerprint density at radius 1 is 1.07 bits per heavy atom. The van der Waals surface area contributed by atoms with Gasteiger partial charge in [-0.15, -0.1) is 0 Å². The molecule has 6 heteroatoms. The van der Waals surface area contributed by atoms with E-state index in [2.05, 4.69) is 16.0 Å². The first-order valence-corrected chi connectivity index (χ1v) is 9.75. The lowest BCUT2D eigenvalue weighted by Gasteiger charge is -2.35. The second-order valence-electron chi connectivity index (χ2n) is 7.27. The smallest absolute Gasteiger partial charge is 0.224 e. The van der Waals surface area contributed by atoms with E-state index >= 15 is 0 Å². The molecule has 0 radical (unpaired) electrons. The number of carbonyl (C=O) groups excluding carboxylic acids is 2. The molecular formula is C22H28N4O2. The number of hydrogen-bond acceptors (Lipinski definition) is 4. The molecule has 1 aromatic carbocycles. The van der Waals surface area contributed by atoms with Gasteiger partial charge in [-0.2, -0.15) is 0 Å². The van der Waals surface area contributed by atoms with Crippen molar-refractivity contribution in [2.45, 2.75) is 27.2 Å². The molecule has 2 heterocycles. The lowest BCUT2D eigenvalue weighted by atomic mass is 10.1. The van der Waals surface area contributed by atoms with Crippen LogP contribution in [0.4, 0.5) is 11.5 Å². The molecule has 148 valence electrons. The van der Waals surface area contributed by atoms with Gasteiger partial charge in [-0.3, -0.25) is 9.59 Å². The van der Waals surface area contributed by atoms with Gasteiger partial charge in [0.2, 0.25) is 11.8 Å². The Morgan fingerprint density at radius 2 is 1.82 bits per heavy atom. The summed E-state index contributed by atoms with van der Waals surface area (Å²) in [6, 6.07) is 11.9. The first-order chi connectivity index (χ1) is 13.5. The first-order valence-electron chi connectivity index (χ1n) is 9.75. The molecule has 2 amide bonds. The summed E-state index contributed by atoms with van der Waals surface area (Å²) in [6.45, 7) is 8.89. The standard InChI is InChI=1S/C22H28N4O2/c1-17-7-8-20(18(2)16-17)26(19(3)27)11-9-22(28)25-14-12-24(13-15-25)21-6-4-5-10-23-21/h4-8,10,16H,9,11-15H2,1-3H3. The molecule has 0 spiro atoms. The summed E-state index contributed by atoms with van der Waals surface area (Å²) in [5, 5.41) is 0. The summed E-state index contributed by atoms with van der Waals surface area (Å²) < 4.78 is 0. The average molecular weight is 380 g/mol. The van der Waals surface area contributed by atoms with Crippen molar-refractivity contribution < 1.29 is 9.59 Å². The summed E-state index contributed by atoms with van der Waals surface area (Å²) >= 11 is 0. The third-order valence-electron chi connectivity index (χ3n) is 5.18. The minimum atomic E-state index is -0.0419. The highest BCUT2D eigenvalue weighted by Crippen LogP contribution is 2.22. The Morgan fingerprint density at radius 3 is 2.43 bits per heavy atom. The highest BCUT2D eigenvalue weighted by molar-refractivity contribution is 5.93. The molecule has 28 heavy (non-hydrogen) atoms. The van der Waals surface area contributed by atoms with Gasteiger partial charge in [0.25, 0.3) is 0 Å². The van der Waals surface area contributed by atoms with E-state index in [1.54, 1.807) is 18.0 Å². The monoisotopic (exact) mass is 380 g/mol. The molecule has 2 aromatic rings. The van der Waals surface area contributed by atoms with Crippen molar-refractivity contribution in [1.29, 1.82) is 0 Å². The highest BCUT2D eigenvalue weighted by atomic mass is 16.2. The number of piperazine rings is 1. The van der Waals surface area contributed by atoms with Crippen molar-refractivity contribution in [3.63, 3.8) is 0 Å². The van der Waals surface area contributed by atoms with Crippen LogP contribution < -0.4 is 9.80 Å². The number of hydrogen-bond donors (Lipinski definition) is 0. The molecule has 0 saturated carbocycles. The predicted octanol–water partition coefficient (Wildman–Crippen LogP) is 2.79. The average Bonchev–Trinajstić information content (AvgIpc) is 2.70. The van der Waals surface area contributed by atoms with Crippen LogP contribution in [-0.2, 0) is 9.59 Å². The van der Waals surface area contributed by atoms with Crippen LogP contribution in [-0.4, -0.2) is 54.4 Å².